The van der Waals surface area contributed by atoms with E-state index in [0.29, 0.717) is 71.3 Å². The van der Waals surface area contributed by atoms with E-state index in [-0.39, 0.29) is 5.91 Å². The molecule has 170 valence electrons. The summed E-state index contributed by atoms with van der Waals surface area (Å²) in [7, 11) is 0. The van der Waals surface area contributed by atoms with Crippen LogP contribution in [0.5, 0.6) is 0 Å². The Bertz CT molecular complexity index is 1340. The van der Waals surface area contributed by atoms with Crippen LogP contribution < -0.4 is 0 Å². The van der Waals surface area contributed by atoms with Crippen LogP contribution in [0.1, 0.15) is 27.6 Å². The smallest absolute Gasteiger partial charge is 0.263 e. The number of amides is 1. The molecule has 0 N–H and O–H groups in total. The second kappa shape index (κ2) is 8.74. The SMILES string of the molecule is Cc1cc(C)n2ncc(-c3nc(CN4CCN(C(=O)c5ccc(Cl)c(Cl)c5)CC4)no3)c2n1. The normalized spacial score (nSPS) is 14.8. The van der Waals surface area contributed by atoms with E-state index in [1.165, 1.54) is 0 Å². The van der Waals surface area contributed by atoms with Crippen molar-refractivity contribution in [3.63, 3.8) is 0 Å². The van der Waals surface area contributed by atoms with Crippen molar-refractivity contribution in [3.8, 4) is 11.5 Å². The molecule has 0 saturated carbocycles. The standard InChI is InChI=1S/C22H21Cl2N7O2/c1-13-9-14(2)31-20(26-13)16(11-25-31)21-27-19(28-33-21)12-29-5-7-30(8-6-29)22(32)15-3-4-17(23)18(24)10-15/h3-4,9-11H,5-8,12H2,1-2H3. The van der Waals surface area contributed by atoms with Gasteiger partial charge in [-0.1, -0.05) is 28.4 Å². The summed E-state index contributed by atoms with van der Waals surface area (Å²) in [6.45, 7) is 7.05. The summed E-state index contributed by atoms with van der Waals surface area (Å²) in [5.41, 5.74) is 3.81. The maximum absolute atomic E-state index is 12.8. The van der Waals surface area contributed by atoms with Crippen molar-refractivity contribution < 1.29 is 9.32 Å². The number of carbonyl (C=O) groups is 1. The van der Waals surface area contributed by atoms with Gasteiger partial charge in [-0.3, -0.25) is 9.69 Å². The largest absolute Gasteiger partial charge is 0.336 e. The van der Waals surface area contributed by atoms with Crippen molar-refractivity contribution in [1.29, 1.82) is 0 Å². The van der Waals surface area contributed by atoms with Gasteiger partial charge in [0, 0.05) is 43.1 Å². The van der Waals surface area contributed by atoms with Crippen molar-refractivity contribution in [1.82, 2.24) is 34.5 Å². The second-order valence-electron chi connectivity index (χ2n) is 8.05. The zero-order valence-electron chi connectivity index (χ0n) is 18.1. The third-order valence-electron chi connectivity index (χ3n) is 5.67. The Morgan fingerprint density at radius 3 is 2.61 bits per heavy atom. The van der Waals surface area contributed by atoms with Crippen molar-refractivity contribution in [2.75, 3.05) is 26.2 Å². The molecule has 0 unspecified atom stereocenters. The van der Waals surface area contributed by atoms with Crippen LogP contribution in [-0.2, 0) is 6.54 Å². The highest BCUT2D eigenvalue weighted by Gasteiger charge is 2.24. The van der Waals surface area contributed by atoms with Gasteiger partial charge in [-0.15, -0.1) is 0 Å². The molecule has 1 fully saturated rings. The Kier molecular flexibility index (Phi) is 5.77. The van der Waals surface area contributed by atoms with E-state index in [4.69, 9.17) is 27.7 Å². The molecular formula is C22H21Cl2N7O2. The van der Waals surface area contributed by atoms with Crippen molar-refractivity contribution in [2.24, 2.45) is 0 Å². The first-order valence-corrected chi connectivity index (χ1v) is 11.3. The lowest BCUT2D eigenvalue weighted by molar-refractivity contribution is 0.0624. The van der Waals surface area contributed by atoms with Crippen LogP contribution in [0.25, 0.3) is 17.1 Å². The van der Waals surface area contributed by atoms with Crippen LogP contribution in [-0.4, -0.2) is 66.6 Å². The van der Waals surface area contributed by atoms with Crippen LogP contribution in [0.4, 0.5) is 0 Å². The minimum Gasteiger partial charge on any atom is -0.336 e. The summed E-state index contributed by atoms with van der Waals surface area (Å²) >= 11 is 12.0. The Labute approximate surface area is 199 Å². The van der Waals surface area contributed by atoms with Gasteiger partial charge in [0.05, 0.1) is 22.8 Å². The molecule has 33 heavy (non-hydrogen) atoms. The molecule has 1 amide bonds. The van der Waals surface area contributed by atoms with E-state index in [9.17, 15) is 4.79 Å². The Hall–Kier alpha value is -3.01. The van der Waals surface area contributed by atoms with E-state index in [0.717, 1.165) is 11.4 Å². The molecule has 0 atom stereocenters. The lowest BCUT2D eigenvalue weighted by atomic mass is 10.2. The molecule has 3 aromatic heterocycles. The molecule has 5 rings (SSSR count). The molecule has 0 spiro atoms. The average molecular weight is 486 g/mol. The van der Waals surface area contributed by atoms with Crippen LogP contribution >= 0.6 is 23.2 Å². The predicted molar refractivity (Wildman–Crippen MR) is 123 cm³/mol. The average Bonchev–Trinajstić information content (AvgIpc) is 3.42. The van der Waals surface area contributed by atoms with Crippen LogP contribution in [0.2, 0.25) is 10.0 Å². The predicted octanol–water partition coefficient (Wildman–Crippen LogP) is 3.66. The van der Waals surface area contributed by atoms with Gasteiger partial charge >= 0.3 is 0 Å². The molecule has 4 heterocycles. The van der Waals surface area contributed by atoms with Gasteiger partial charge in [0.2, 0.25) is 0 Å². The van der Waals surface area contributed by atoms with Gasteiger partial charge in [-0.2, -0.15) is 10.1 Å². The highest BCUT2D eigenvalue weighted by molar-refractivity contribution is 6.42. The van der Waals surface area contributed by atoms with Gasteiger partial charge in [0.15, 0.2) is 11.5 Å². The number of benzene rings is 1. The summed E-state index contributed by atoms with van der Waals surface area (Å²) in [5, 5.41) is 9.33. The number of piperazine rings is 1. The summed E-state index contributed by atoms with van der Waals surface area (Å²) in [5.74, 6) is 0.921. The molecule has 9 nitrogen and oxygen atoms in total. The van der Waals surface area contributed by atoms with Gasteiger partial charge in [0.1, 0.15) is 5.56 Å². The first kappa shape index (κ1) is 21.8. The van der Waals surface area contributed by atoms with Crippen LogP contribution in [0.15, 0.2) is 35.0 Å². The molecule has 1 aliphatic rings. The molecule has 0 aliphatic carbocycles. The molecule has 1 aliphatic heterocycles. The van der Waals surface area contributed by atoms with Crippen LogP contribution in [0, 0.1) is 13.8 Å². The van der Waals surface area contributed by atoms with Crippen molar-refractivity contribution in [3.05, 3.63) is 63.3 Å². The van der Waals surface area contributed by atoms with Gasteiger partial charge < -0.3 is 9.42 Å². The first-order valence-electron chi connectivity index (χ1n) is 10.5. The molecule has 1 saturated heterocycles. The fraction of sp³-hybridized carbons (Fsp3) is 0.318. The lowest BCUT2D eigenvalue weighted by Gasteiger charge is -2.34. The molecular weight excluding hydrogens is 465 g/mol. The highest BCUT2D eigenvalue weighted by atomic mass is 35.5. The molecule has 0 bridgehead atoms. The maximum Gasteiger partial charge on any atom is 0.263 e. The van der Waals surface area contributed by atoms with Crippen molar-refractivity contribution in [2.45, 2.75) is 20.4 Å². The molecule has 0 radical (unpaired) electrons. The fourth-order valence-corrected chi connectivity index (χ4v) is 4.27. The van der Waals surface area contributed by atoms with E-state index in [2.05, 4.69) is 25.1 Å². The zero-order chi connectivity index (χ0) is 23.1. The summed E-state index contributed by atoms with van der Waals surface area (Å²) in [6, 6.07) is 6.91. The third-order valence-corrected chi connectivity index (χ3v) is 6.41. The number of halogens is 2. The highest BCUT2D eigenvalue weighted by Crippen LogP contribution is 2.25. The summed E-state index contributed by atoms with van der Waals surface area (Å²) < 4.78 is 7.27. The van der Waals surface area contributed by atoms with Gasteiger partial charge in [-0.05, 0) is 38.1 Å². The van der Waals surface area contributed by atoms with E-state index in [1.54, 1.807) is 28.9 Å². The number of carbonyl (C=O) groups excluding carboxylic acids is 1. The minimum atomic E-state index is -0.0544. The van der Waals surface area contributed by atoms with E-state index in [1.807, 2.05) is 24.8 Å². The van der Waals surface area contributed by atoms with Gasteiger partial charge in [0.25, 0.3) is 11.8 Å². The number of hydrogen-bond acceptors (Lipinski definition) is 7. The number of hydrogen-bond donors (Lipinski definition) is 0. The Morgan fingerprint density at radius 1 is 1.06 bits per heavy atom. The minimum absolute atomic E-state index is 0.0544. The Morgan fingerprint density at radius 2 is 1.85 bits per heavy atom. The van der Waals surface area contributed by atoms with Crippen molar-refractivity contribution >= 4 is 34.8 Å². The third kappa shape index (κ3) is 4.31. The molecule has 4 aromatic rings. The lowest BCUT2D eigenvalue weighted by Crippen LogP contribution is -2.48. The number of aryl methyl sites for hydroxylation is 2. The topological polar surface area (TPSA) is 92.7 Å². The number of rotatable bonds is 4. The first-order chi connectivity index (χ1) is 15.9. The zero-order valence-corrected chi connectivity index (χ0v) is 19.6. The van der Waals surface area contributed by atoms with E-state index >= 15 is 0 Å². The molecule has 11 heteroatoms. The van der Waals surface area contributed by atoms with Gasteiger partial charge in [-0.25, -0.2) is 9.50 Å². The number of nitrogens with zero attached hydrogens (tertiary/aromatic N) is 7. The maximum atomic E-state index is 12.8. The van der Waals surface area contributed by atoms with E-state index < -0.39 is 0 Å². The summed E-state index contributed by atoms with van der Waals surface area (Å²) in [6.07, 6.45) is 1.69. The number of aromatic nitrogens is 5. The monoisotopic (exact) mass is 485 g/mol. The fourth-order valence-electron chi connectivity index (χ4n) is 3.97. The summed E-state index contributed by atoms with van der Waals surface area (Å²) in [4.78, 5) is 25.9. The molecule has 1 aromatic carbocycles. The Balaban J connectivity index is 1.23. The number of fused-ring (bicyclic) bond motifs is 1. The second-order valence-corrected chi connectivity index (χ2v) is 8.86. The van der Waals surface area contributed by atoms with Crippen LogP contribution in [0.3, 0.4) is 0 Å². The quantitative estimate of drug-likeness (QED) is 0.435.